The van der Waals surface area contributed by atoms with Crippen LogP contribution in [0.2, 0.25) is 0 Å². The Hall–Kier alpha value is -3.30. The lowest BCUT2D eigenvalue weighted by atomic mass is 9.90. The smallest absolute Gasteiger partial charge is 0.194 e. The maximum atomic E-state index is 9.52. The van der Waals surface area contributed by atoms with Crippen molar-refractivity contribution in [3.05, 3.63) is 24.7 Å². The predicted molar refractivity (Wildman–Crippen MR) is 64.9 cm³/mol. The van der Waals surface area contributed by atoms with Gasteiger partial charge in [-0.05, 0) is 0 Å². The topological polar surface area (TPSA) is 227 Å². The van der Waals surface area contributed by atoms with Gasteiger partial charge >= 0.3 is 0 Å². The molecule has 24 heavy (non-hydrogen) atoms. The fourth-order valence-corrected chi connectivity index (χ4v) is 1.73. The van der Waals surface area contributed by atoms with Gasteiger partial charge in [-0.3, -0.25) is 0 Å². The second-order valence-electron chi connectivity index (χ2n) is 3.98. The second kappa shape index (κ2) is 6.44. The first-order valence-electron chi connectivity index (χ1n) is 5.77. The Balaban J connectivity index is 2.54. The molecule has 12 heteroatoms. The summed E-state index contributed by atoms with van der Waals surface area (Å²) >= 11 is 0. The minimum absolute atomic E-state index is 0.609. The van der Waals surface area contributed by atoms with E-state index in [4.69, 9.17) is 21.0 Å². The number of rotatable bonds is 1. The maximum absolute atomic E-state index is 9.52. The first-order valence-corrected chi connectivity index (χ1v) is 5.77. The highest BCUT2D eigenvalue weighted by molar-refractivity contribution is 5.41. The monoisotopic (exact) mass is 312 g/mol. The van der Waals surface area contributed by atoms with E-state index in [9.17, 15) is 10.5 Å². The molecule has 0 N–H and O–H groups in total. The summed E-state index contributed by atoms with van der Waals surface area (Å²) in [6, 6.07) is 9.24. The molecular formula is C12N12. The number of hydrogen-bond donors (Lipinski definition) is 0. The molecular weight excluding hydrogens is 312 g/mol. The number of nitrogens with zero attached hydrogens (tertiary/aromatic N) is 12. The molecule has 0 spiro atoms. The van der Waals surface area contributed by atoms with E-state index >= 15 is 0 Å². The van der Waals surface area contributed by atoms with Gasteiger partial charge in [-0.25, -0.2) is 0 Å². The largest absolute Gasteiger partial charge is 0.244 e. The highest BCUT2D eigenvalue weighted by atomic mass is 15.5. The van der Waals surface area contributed by atoms with Crippen molar-refractivity contribution in [3.63, 3.8) is 0 Å². The van der Waals surface area contributed by atoms with Crippen LogP contribution in [0.5, 0.6) is 0 Å². The lowest BCUT2D eigenvalue weighted by Gasteiger charge is -2.44. The SMILES string of the molecule is N#C[C]1[N][C](C#N)[N]C(C#N)(C2(C#N)[N][C](C#N)[N][C](C#N)[N]2)[N]1. The van der Waals surface area contributed by atoms with E-state index in [-0.39, 0.29) is 0 Å². The Labute approximate surface area is 136 Å². The average molecular weight is 312 g/mol. The molecule has 0 atom stereocenters. The van der Waals surface area contributed by atoms with Crippen molar-refractivity contribution in [1.29, 1.82) is 31.6 Å². The summed E-state index contributed by atoms with van der Waals surface area (Å²) in [5.41, 5.74) is -5.03. The normalized spacial score (nSPS) is 24.2. The lowest BCUT2D eigenvalue weighted by Crippen LogP contribution is -2.77. The van der Waals surface area contributed by atoms with Gasteiger partial charge in [-0.2, -0.15) is 63.5 Å². The van der Waals surface area contributed by atoms with E-state index < -0.39 is 36.0 Å². The molecule has 0 unspecified atom stereocenters. The van der Waals surface area contributed by atoms with Gasteiger partial charge in [0, 0.05) is 0 Å². The molecule has 0 bridgehead atoms. The van der Waals surface area contributed by atoms with E-state index in [1.807, 2.05) is 0 Å². The predicted octanol–water partition coefficient (Wildman–Crippen LogP) is -2.87. The summed E-state index contributed by atoms with van der Waals surface area (Å²) in [6.07, 6.45) is -2.43. The first-order chi connectivity index (χ1) is 11.5. The molecule has 0 saturated carbocycles. The Morgan fingerprint density at radius 1 is 0.500 bits per heavy atom. The molecule has 0 aromatic rings. The molecule has 0 aromatic heterocycles. The van der Waals surface area contributed by atoms with Crippen molar-refractivity contribution in [1.82, 2.24) is 31.9 Å². The van der Waals surface area contributed by atoms with Crippen LogP contribution in [0.4, 0.5) is 0 Å². The summed E-state index contributed by atoms with van der Waals surface area (Å²) in [6.45, 7) is 0. The molecule has 10 radical (unpaired) electrons. The molecule has 2 rings (SSSR count). The molecule has 2 heterocycles. The minimum Gasteiger partial charge on any atom is -0.194 e. The highest BCUT2D eigenvalue weighted by Gasteiger charge is 2.66. The van der Waals surface area contributed by atoms with E-state index in [2.05, 4.69) is 31.9 Å². The molecule has 108 valence electrons. The van der Waals surface area contributed by atoms with Crippen LogP contribution in [0.1, 0.15) is 0 Å². The minimum atomic E-state index is -2.51. The van der Waals surface area contributed by atoms with Gasteiger partial charge in [0.05, 0.1) is 0 Å². The average Bonchev–Trinajstić information content (AvgIpc) is 2.66. The van der Waals surface area contributed by atoms with Crippen molar-refractivity contribution >= 4 is 0 Å². The highest BCUT2D eigenvalue weighted by Crippen LogP contribution is 2.34. The van der Waals surface area contributed by atoms with Crippen molar-refractivity contribution < 1.29 is 0 Å². The Morgan fingerprint density at radius 2 is 0.750 bits per heavy atom. The van der Waals surface area contributed by atoms with E-state index in [0.29, 0.717) is 0 Å². The van der Waals surface area contributed by atoms with Gasteiger partial charge < -0.3 is 0 Å². The van der Waals surface area contributed by atoms with Crippen LogP contribution in [-0.4, -0.2) is 11.3 Å². The molecule has 0 amide bonds. The lowest BCUT2D eigenvalue weighted by molar-refractivity contribution is 0.110. The Morgan fingerprint density at radius 3 is 0.917 bits per heavy atom. The van der Waals surface area contributed by atoms with Crippen LogP contribution in [-0.2, 0) is 0 Å². The van der Waals surface area contributed by atoms with Gasteiger partial charge in [0.25, 0.3) is 0 Å². The zero-order chi connectivity index (χ0) is 17.8. The molecule has 0 aromatic carbocycles. The number of nitriles is 6. The molecule has 2 aliphatic rings. The third-order valence-electron chi connectivity index (χ3n) is 2.69. The van der Waals surface area contributed by atoms with Crippen LogP contribution in [0.15, 0.2) is 0 Å². The molecule has 2 saturated heterocycles. The maximum Gasteiger partial charge on any atom is 0.244 e. The van der Waals surface area contributed by atoms with Crippen molar-refractivity contribution in [3.8, 4) is 36.4 Å². The quantitative estimate of drug-likeness (QED) is 0.493. The van der Waals surface area contributed by atoms with E-state index in [1.165, 1.54) is 24.3 Å². The number of hydrogen-bond acceptors (Lipinski definition) is 6. The fraction of sp³-hybridized carbons (Fsp3) is 0.167. The first kappa shape index (κ1) is 17.1. The van der Waals surface area contributed by atoms with Crippen molar-refractivity contribution in [2.75, 3.05) is 0 Å². The second-order valence-corrected chi connectivity index (χ2v) is 3.98. The summed E-state index contributed by atoms with van der Waals surface area (Å²) in [5, 5.41) is 76.4. The summed E-state index contributed by atoms with van der Waals surface area (Å²) < 4.78 is 0. The van der Waals surface area contributed by atoms with Crippen LogP contribution in [0.3, 0.4) is 0 Å². The standard InChI is InChI=1S/C12N12/c13-1-7-19-8(2-14)22-11(5-17,21-7)12(6-18)23-9(3-15)20-10(4-16)24-12. The summed E-state index contributed by atoms with van der Waals surface area (Å²) in [5.74, 6) is 0. The van der Waals surface area contributed by atoms with Gasteiger partial charge in [0.15, 0.2) is 0 Å². The zero-order valence-electron chi connectivity index (χ0n) is 11.4. The Bertz CT molecular complexity index is 651. The van der Waals surface area contributed by atoms with E-state index in [0.717, 1.165) is 0 Å². The molecule has 2 fully saturated rings. The fourth-order valence-electron chi connectivity index (χ4n) is 1.73. The Kier molecular flexibility index (Phi) is 4.58. The molecule has 12 nitrogen and oxygen atoms in total. The van der Waals surface area contributed by atoms with Crippen LogP contribution < -0.4 is 31.9 Å². The summed E-state index contributed by atoms with van der Waals surface area (Å²) in [4.78, 5) is 0. The van der Waals surface area contributed by atoms with Gasteiger partial charge in [0.2, 0.25) is 36.0 Å². The third-order valence-corrected chi connectivity index (χ3v) is 2.69. The van der Waals surface area contributed by atoms with Crippen LogP contribution in [0, 0.1) is 92.6 Å². The van der Waals surface area contributed by atoms with Gasteiger partial charge in [-0.15, -0.1) is 0 Å². The zero-order valence-corrected chi connectivity index (χ0v) is 11.4. The van der Waals surface area contributed by atoms with Crippen molar-refractivity contribution in [2.45, 2.75) is 11.3 Å². The van der Waals surface area contributed by atoms with Gasteiger partial charge in [0.1, 0.15) is 36.4 Å². The molecule has 0 aliphatic carbocycles. The van der Waals surface area contributed by atoms with Crippen LogP contribution >= 0.6 is 0 Å². The van der Waals surface area contributed by atoms with Crippen LogP contribution in [0.25, 0.3) is 0 Å². The van der Waals surface area contributed by atoms with Gasteiger partial charge in [-0.1, -0.05) is 0 Å². The van der Waals surface area contributed by atoms with Crippen molar-refractivity contribution in [2.24, 2.45) is 0 Å². The van der Waals surface area contributed by atoms with E-state index in [1.54, 1.807) is 12.1 Å². The molecule has 2 aliphatic heterocycles. The third kappa shape index (κ3) is 2.57. The summed E-state index contributed by atoms with van der Waals surface area (Å²) in [7, 11) is 0.